The van der Waals surface area contributed by atoms with Crippen molar-refractivity contribution in [1.29, 1.82) is 0 Å². The molecule has 0 saturated carbocycles. The van der Waals surface area contributed by atoms with Crippen LogP contribution in [0.25, 0.3) is 0 Å². The molecule has 1 heterocycles. The van der Waals surface area contributed by atoms with E-state index in [0.717, 1.165) is 0 Å². The Labute approximate surface area is 91.7 Å². The van der Waals surface area contributed by atoms with E-state index < -0.39 is 36.7 Å². The summed E-state index contributed by atoms with van der Waals surface area (Å²) in [6, 6.07) is 0. The second-order valence-electron chi connectivity index (χ2n) is 3.47. The highest BCUT2D eigenvalue weighted by Gasteiger charge is 2.77. The molecule has 1 aliphatic rings. The lowest BCUT2D eigenvalue weighted by Gasteiger charge is -2.32. The molecule has 1 rings (SSSR count). The zero-order valence-corrected chi connectivity index (χ0v) is 8.85. The van der Waals surface area contributed by atoms with Crippen LogP contribution in [0, 0.1) is 0 Å². The highest BCUT2D eigenvalue weighted by atomic mass is 19.3. The molecule has 0 bridgehead atoms. The van der Waals surface area contributed by atoms with Crippen molar-refractivity contribution in [3.63, 3.8) is 0 Å². The van der Waals surface area contributed by atoms with E-state index in [0.29, 0.717) is 7.18 Å². The van der Waals surface area contributed by atoms with Crippen LogP contribution in [-0.4, -0.2) is 37.4 Å². The molecule has 104 valence electrons. The van der Waals surface area contributed by atoms with E-state index in [9.17, 15) is 35.1 Å². The molecule has 0 aromatic heterocycles. The summed E-state index contributed by atoms with van der Waals surface area (Å²) in [4.78, 5) is 0. The van der Waals surface area contributed by atoms with Gasteiger partial charge in [-0.25, -0.2) is 22.0 Å². The summed E-state index contributed by atoms with van der Waals surface area (Å²) in [7, 11) is 0.500. The molecule has 1 aliphatic heterocycles. The van der Waals surface area contributed by atoms with Crippen LogP contribution < -0.4 is 0 Å². The van der Waals surface area contributed by atoms with Crippen molar-refractivity contribution in [3.8, 4) is 0 Å². The van der Waals surface area contributed by atoms with Crippen LogP contribution in [0.2, 0.25) is 0 Å². The predicted molar refractivity (Wildman–Crippen MR) is 42.0 cm³/mol. The molecule has 1 saturated heterocycles. The van der Waals surface area contributed by atoms with Gasteiger partial charge in [0.05, 0.1) is 13.6 Å². The highest BCUT2D eigenvalue weighted by Crippen LogP contribution is 2.56. The zero-order valence-electron chi connectivity index (χ0n) is 8.85. The summed E-state index contributed by atoms with van der Waals surface area (Å²) in [5, 5.41) is 0. The van der Waals surface area contributed by atoms with Gasteiger partial charge in [0, 0.05) is 6.92 Å². The molecular weight excluding hydrogens is 264 g/mol. The van der Waals surface area contributed by atoms with Crippen molar-refractivity contribution in [3.05, 3.63) is 0 Å². The first-order valence-electron chi connectivity index (χ1n) is 4.25. The molecule has 1 nitrogen and oxygen atoms in total. The Balaban J connectivity index is 0.00000121. The second-order valence-corrected chi connectivity index (χ2v) is 3.47. The van der Waals surface area contributed by atoms with Crippen molar-refractivity contribution in [2.75, 3.05) is 13.9 Å². The monoisotopic (exact) mass is 274 g/mol. The standard InChI is InChI=1S/C7H7F7O.CH3F/c1-4(9,10)5(11)2-7(13,14)15-6(5,12)3-8;1-2/h2-3H2,1H3;1H3. The molecule has 0 aliphatic carbocycles. The predicted octanol–water partition coefficient (Wildman–Crippen LogP) is 3.58. The van der Waals surface area contributed by atoms with Gasteiger partial charge in [0.2, 0.25) is 5.67 Å². The quantitative estimate of drug-likeness (QED) is 0.699. The number of hydrogen-bond donors (Lipinski definition) is 0. The van der Waals surface area contributed by atoms with E-state index in [1.165, 1.54) is 0 Å². The van der Waals surface area contributed by atoms with Gasteiger partial charge in [-0.15, -0.1) is 0 Å². The van der Waals surface area contributed by atoms with Crippen molar-refractivity contribution >= 4 is 0 Å². The molecule has 2 unspecified atom stereocenters. The Bertz CT molecular complexity index is 265. The Kier molecular flexibility index (Phi) is 4.42. The van der Waals surface area contributed by atoms with Crippen LogP contribution in [-0.2, 0) is 4.74 Å². The summed E-state index contributed by atoms with van der Waals surface area (Å²) < 4.78 is 101. The molecule has 0 spiro atoms. The van der Waals surface area contributed by atoms with Gasteiger partial charge < -0.3 is 0 Å². The summed E-state index contributed by atoms with van der Waals surface area (Å²) in [5.41, 5.74) is -4.38. The molecule has 1 fully saturated rings. The lowest BCUT2D eigenvalue weighted by atomic mass is 9.89. The Morgan fingerprint density at radius 1 is 1.12 bits per heavy atom. The first-order valence-corrected chi connectivity index (χ1v) is 4.25. The largest absolute Gasteiger partial charge is 0.362 e. The summed E-state index contributed by atoms with van der Waals surface area (Å²) in [6.45, 7) is -2.52. The maximum atomic E-state index is 13.4. The molecule has 17 heavy (non-hydrogen) atoms. The second kappa shape index (κ2) is 4.58. The maximum absolute atomic E-state index is 13.4. The third-order valence-corrected chi connectivity index (χ3v) is 2.22. The first-order chi connectivity index (χ1) is 7.47. The Morgan fingerprint density at radius 2 is 1.53 bits per heavy atom. The van der Waals surface area contributed by atoms with E-state index in [2.05, 4.69) is 4.74 Å². The normalized spacial score (nSPS) is 36.4. The smallest absolute Gasteiger partial charge is 0.277 e. The number of alkyl halides is 8. The Morgan fingerprint density at radius 3 is 1.76 bits per heavy atom. The fourth-order valence-electron chi connectivity index (χ4n) is 1.39. The van der Waals surface area contributed by atoms with Crippen molar-refractivity contribution in [2.45, 2.75) is 36.9 Å². The lowest BCUT2D eigenvalue weighted by Crippen LogP contribution is -2.56. The van der Waals surface area contributed by atoms with E-state index in [1.54, 1.807) is 0 Å². The average Bonchev–Trinajstić information content (AvgIpc) is 2.36. The van der Waals surface area contributed by atoms with Crippen LogP contribution in [0.4, 0.5) is 35.1 Å². The summed E-state index contributed by atoms with van der Waals surface area (Å²) in [6.07, 6.45) is -6.67. The van der Waals surface area contributed by atoms with Gasteiger partial charge >= 0.3 is 6.11 Å². The minimum absolute atomic E-state index is 0.109. The molecule has 0 aromatic carbocycles. The van der Waals surface area contributed by atoms with Crippen molar-refractivity contribution in [2.24, 2.45) is 0 Å². The van der Waals surface area contributed by atoms with E-state index in [-0.39, 0.29) is 6.92 Å². The fraction of sp³-hybridized carbons (Fsp3) is 1.00. The zero-order chi connectivity index (χ0) is 14.1. The average molecular weight is 274 g/mol. The van der Waals surface area contributed by atoms with Crippen LogP contribution >= 0.6 is 0 Å². The third-order valence-electron chi connectivity index (χ3n) is 2.22. The highest BCUT2D eigenvalue weighted by molar-refractivity contribution is 5.08. The first kappa shape index (κ1) is 16.4. The lowest BCUT2D eigenvalue weighted by molar-refractivity contribution is -0.313. The van der Waals surface area contributed by atoms with Gasteiger partial charge in [-0.2, -0.15) is 8.78 Å². The number of rotatable bonds is 2. The molecule has 0 radical (unpaired) electrons. The van der Waals surface area contributed by atoms with Gasteiger partial charge in [0.15, 0.2) is 6.67 Å². The summed E-state index contributed by atoms with van der Waals surface area (Å²) in [5.74, 6) is -8.80. The van der Waals surface area contributed by atoms with Crippen molar-refractivity contribution < 1.29 is 39.9 Å². The molecule has 2 atom stereocenters. The van der Waals surface area contributed by atoms with E-state index in [1.807, 2.05) is 0 Å². The van der Waals surface area contributed by atoms with Gasteiger partial charge in [0.1, 0.15) is 0 Å². The number of hydrogen-bond acceptors (Lipinski definition) is 1. The SMILES string of the molecule is CC(F)(F)C1(F)CC(F)(F)OC1(F)CF.CF. The Hall–Kier alpha value is -0.600. The maximum Gasteiger partial charge on any atom is 0.362 e. The van der Waals surface area contributed by atoms with Crippen molar-refractivity contribution in [1.82, 2.24) is 0 Å². The van der Waals surface area contributed by atoms with Crippen LogP contribution in [0.3, 0.4) is 0 Å². The summed E-state index contributed by atoms with van der Waals surface area (Å²) >= 11 is 0. The molecular formula is C8H10F8O. The van der Waals surface area contributed by atoms with Gasteiger partial charge in [-0.05, 0) is 0 Å². The van der Waals surface area contributed by atoms with E-state index >= 15 is 0 Å². The van der Waals surface area contributed by atoms with Gasteiger partial charge in [0.25, 0.3) is 11.8 Å². The third kappa shape index (κ3) is 2.63. The van der Waals surface area contributed by atoms with Crippen LogP contribution in [0.15, 0.2) is 0 Å². The molecule has 0 aromatic rings. The van der Waals surface area contributed by atoms with Gasteiger partial charge in [-0.3, -0.25) is 9.13 Å². The van der Waals surface area contributed by atoms with E-state index in [4.69, 9.17) is 0 Å². The van der Waals surface area contributed by atoms with Crippen LogP contribution in [0.5, 0.6) is 0 Å². The van der Waals surface area contributed by atoms with Gasteiger partial charge in [-0.1, -0.05) is 0 Å². The fourth-order valence-corrected chi connectivity index (χ4v) is 1.39. The van der Waals surface area contributed by atoms with Crippen LogP contribution in [0.1, 0.15) is 13.3 Å². The minimum Gasteiger partial charge on any atom is -0.277 e. The molecule has 0 amide bonds. The molecule has 9 heteroatoms. The number of ether oxygens (including phenoxy) is 1. The topological polar surface area (TPSA) is 9.23 Å². The molecule has 0 N–H and O–H groups in total. The minimum atomic E-state index is -4.48. The number of halogens is 8.